The number of hydrogen-bond donors (Lipinski definition) is 13. The van der Waals surface area contributed by atoms with Crippen molar-refractivity contribution in [3.05, 3.63) is 23.8 Å². The summed E-state index contributed by atoms with van der Waals surface area (Å²) >= 11 is 0. The number of nitrogens with two attached hydrogens (primary N) is 4. The molecule has 17 N–H and O–H groups in total. The Kier molecular flexibility index (Phi) is 24.0. The van der Waals surface area contributed by atoms with Gasteiger partial charge in [0.25, 0.3) is 0 Å². The van der Waals surface area contributed by atoms with Crippen LogP contribution in [0.1, 0.15) is 70.3 Å². The van der Waals surface area contributed by atoms with Crippen LogP contribution in [0.5, 0.6) is 11.5 Å². The molecule has 1 aromatic carbocycles. The molecule has 0 heterocycles. The number of carbonyl (C=O) groups excluding carboxylic acids is 7. The first-order chi connectivity index (χ1) is 26.6. The van der Waals surface area contributed by atoms with Gasteiger partial charge in [-0.05, 0) is 64.5 Å². The third-order valence-electron chi connectivity index (χ3n) is 8.06. The predicted molar refractivity (Wildman–Crippen MR) is 207 cm³/mol. The van der Waals surface area contributed by atoms with Crippen LogP contribution in [0.15, 0.2) is 23.2 Å². The van der Waals surface area contributed by atoms with E-state index < -0.39 is 54.1 Å². The van der Waals surface area contributed by atoms with E-state index in [9.17, 15) is 43.8 Å². The van der Waals surface area contributed by atoms with Crippen LogP contribution in [0.2, 0.25) is 0 Å². The minimum Gasteiger partial charge on any atom is -0.508 e. The molecule has 0 bridgehead atoms. The summed E-state index contributed by atoms with van der Waals surface area (Å²) in [5.74, 6) is -3.98. The fraction of sp³-hybridized carbons (Fsp3) is 0.600. The molecule has 0 saturated carbocycles. The second kappa shape index (κ2) is 27.8. The maximum absolute atomic E-state index is 12.6. The van der Waals surface area contributed by atoms with Crippen molar-refractivity contribution in [3.63, 3.8) is 0 Å². The summed E-state index contributed by atoms with van der Waals surface area (Å²) in [6.07, 6.45) is 3.82. The van der Waals surface area contributed by atoms with Gasteiger partial charge in [0, 0.05) is 50.8 Å². The highest BCUT2D eigenvalue weighted by Gasteiger charge is 2.23. The summed E-state index contributed by atoms with van der Waals surface area (Å²) in [7, 11) is 0. The number of nitrogens with one attached hydrogen (secondary N) is 7. The zero-order valence-corrected chi connectivity index (χ0v) is 32.0. The normalized spacial score (nSPS) is 12.2. The topological polar surface area (TPSA) is 361 Å². The molecular weight excluding hydrogens is 732 g/mol. The van der Waals surface area contributed by atoms with Crippen LogP contribution in [0.4, 0.5) is 0 Å². The lowest BCUT2D eigenvalue weighted by atomic mass is 10.1. The minimum absolute atomic E-state index is 0.0466. The average molecular weight is 793 g/mol. The number of guanidine groups is 1. The van der Waals surface area contributed by atoms with Gasteiger partial charge in [0.2, 0.25) is 41.4 Å². The zero-order chi connectivity index (χ0) is 41.9. The predicted octanol–water partition coefficient (Wildman–Crippen LogP) is -3.72. The number of aliphatic imine (C=N–C) groups is 1. The van der Waals surface area contributed by atoms with Crippen LogP contribution < -0.4 is 60.2 Å². The van der Waals surface area contributed by atoms with E-state index in [2.05, 4.69) is 42.2 Å². The Hall–Kier alpha value is -5.70. The van der Waals surface area contributed by atoms with Gasteiger partial charge in [-0.1, -0.05) is 6.07 Å². The standard InChI is InChI=1S/C35H60N12O9/c1-22(46-31(53)21-45-33(55)25(36)8-7-16-44-35(38)39)32(54)42-15-6-5-12-40-17-11-29(51)41-13-3-2-4-14-43-34(56)26(20-28(37)50)47-30(52)18-23-9-10-24(48)19-27(23)49/h9-10,19,22,25-26,40,48-49H,2-8,11-18,20-21,36H2,1H3,(H2,37,50)(H,41,51)(H,42,54)(H,43,56)(H,45,55)(H,46,53)(H,47,52)(H4,38,39,44)/t22-,25-,26?/m0/s1. The Bertz CT molecular complexity index is 1470. The Morgan fingerprint density at radius 3 is 2.02 bits per heavy atom. The molecule has 314 valence electrons. The molecule has 0 fully saturated rings. The average Bonchev–Trinajstić information content (AvgIpc) is 3.13. The van der Waals surface area contributed by atoms with E-state index in [4.69, 9.17) is 22.9 Å². The number of rotatable bonds is 29. The number of phenols is 2. The molecular formula is C35H60N12O9. The molecule has 1 unspecified atom stereocenters. The summed E-state index contributed by atoms with van der Waals surface area (Å²) in [6.45, 7) is 3.80. The summed E-state index contributed by atoms with van der Waals surface area (Å²) in [6, 6.07) is 0.941. The van der Waals surface area contributed by atoms with Gasteiger partial charge in [0.15, 0.2) is 5.96 Å². The summed E-state index contributed by atoms with van der Waals surface area (Å²) in [4.78, 5) is 88.9. The quantitative estimate of drug-likeness (QED) is 0.0211. The molecule has 0 aromatic heterocycles. The SMILES string of the molecule is C[C@H](NC(=O)CNC(=O)[C@@H](N)CCCN=C(N)N)C(=O)NCCCCNCCC(=O)NCCCCCNC(=O)C(CC(N)=O)NC(=O)Cc1ccc(O)cc1O. The van der Waals surface area contributed by atoms with Crippen molar-refractivity contribution >= 4 is 47.3 Å². The molecule has 56 heavy (non-hydrogen) atoms. The van der Waals surface area contributed by atoms with Crippen LogP contribution in [-0.2, 0) is 40.0 Å². The highest BCUT2D eigenvalue weighted by atomic mass is 16.3. The van der Waals surface area contributed by atoms with Crippen LogP contribution in [-0.4, -0.2) is 121 Å². The Balaban J connectivity index is 2.09. The second-order valence-electron chi connectivity index (χ2n) is 13.0. The molecule has 0 spiro atoms. The molecule has 0 aliphatic carbocycles. The molecule has 0 aliphatic rings. The maximum Gasteiger partial charge on any atom is 0.243 e. The van der Waals surface area contributed by atoms with Crippen molar-refractivity contribution in [1.82, 2.24) is 37.2 Å². The van der Waals surface area contributed by atoms with Gasteiger partial charge < -0.3 is 70.4 Å². The van der Waals surface area contributed by atoms with Gasteiger partial charge >= 0.3 is 0 Å². The third kappa shape index (κ3) is 23.2. The van der Waals surface area contributed by atoms with Crippen molar-refractivity contribution in [1.29, 1.82) is 0 Å². The van der Waals surface area contributed by atoms with Crippen molar-refractivity contribution < 1.29 is 43.8 Å². The summed E-state index contributed by atoms with van der Waals surface area (Å²) < 4.78 is 0. The van der Waals surface area contributed by atoms with Crippen molar-refractivity contribution in [2.24, 2.45) is 27.9 Å². The summed E-state index contributed by atoms with van der Waals surface area (Å²) in [5, 5.41) is 38.1. The van der Waals surface area contributed by atoms with E-state index in [1.165, 1.54) is 19.1 Å². The lowest BCUT2D eigenvalue weighted by Crippen LogP contribution is -2.50. The second-order valence-corrected chi connectivity index (χ2v) is 13.0. The van der Waals surface area contributed by atoms with Gasteiger partial charge in [0.1, 0.15) is 23.6 Å². The number of carbonyl (C=O) groups is 7. The smallest absolute Gasteiger partial charge is 0.243 e. The van der Waals surface area contributed by atoms with E-state index in [0.717, 1.165) is 12.5 Å². The Morgan fingerprint density at radius 2 is 1.36 bits per heavy atom. The largest absolute Gasteiger partial charge is 0.508 e. The number of nitrogens with zero attached hydrogens (tertiary/aromatic N) is 1. The summed E-state index contributed by atoms with van der Waals surface area (Å²) in [5.41, 5.74) is 21.7. The molecule has 0 radical (unpaired) electrons. The number of phenolic OH excluding ortho intramolecular Hbond substituents is 2. The Labute approximate surface area is 326 Å². The lowest BCUT2D eigenvalue weighted by molar-refractivity contribution is -0.131. The first kappa shape index (κ1) is 48.3. The van der Waals surface area contributed by atoms with Gasteiger partial charge in [0.05, 0.1) is 25.4 Å². The first-order valence-electron chi connectivity index (χ1n) is 18.6. The van der Waals surface area contributed by atoms with Crippen LogP contribution in [0.3, 0.4) is 0 Å². The van der Waals surface area contributed by atoms with E-state index in [1.807, 2.05) is 0 Å². The number of unbranched alkanes of at least 4 members (excludes halogenated alkanes) is 3. The molecule has 21 heteroatoms. The van der Waals surface area contributed by atoms with Crippen LogP contribution in [0, 0.1) is 0 Å². The van der Waals surface area contributed by atoms with Crippen molar-refractivity contribution in [3.8, 4) is 11.5 Å². The van der Waals surface area contributed by atoms with E-state index in [1.54, 1.807) is 0 Å². The lowest BCUT2D eigenvalue weighted by Gasteiger charge is -2.17. The number of aromatic hydroxyl groups is 2. The van der Waals surface area contributed by atoms with Crippen molar-refractivity contribution in [2.45, 2.75) is 89.3 Å². The fourth-order valence-corrected chi connectivity index (χ4v) is 4.98. The molecule has 1 rings (SSSR count). The van der Waals surface area contributed by atoms with Gasteiger partial charge in [-0.25, -0.2) is 0 Å². The molecule has 0 aliphatic heterocycles. The molecule has 0 saturated heterocycles. The number of primary amides is 1. The molecule has 7 amide bonds. The maximum atomic E-state index is 12.6. The van der Waals surface area contributed by atoms with Gasteiger partial charge in [-0.3, -0.25) is 38.6 Å². The Morgan fingerprint density at radius 1 is 0.714 bits per heavy atom. The van der Waals surface area contributed by atoms with Crippen LogP contribution >= 0.6 is 0 Å². The van der Waals surface area contributed by atoms with Gasteiger partial charge in [-0.15, -0.1) is 0 Å². The number of benzene rings is 1. The molecule has 3 atom stereocenters. The zero-order valence-electron chi connectivity index (χ0n) is 32.0. The third-order valence-corrected chi connectivity index (χ3v) is 8.06. The number of amides is 7. The minimum atomic E-state index is -1.19. The van der Waals surface area contributed by atoms with E-state index in [0.29, 0.717) is 71.2 Å². The van der Waals surface area contributed by atoms with Crippen LogP contribution in [0.25, 0.3) is 0 Å². The number of hydrogen-bond acceptors (Lipinski definition) is 12. The molecule has 21 nitrogen and oxygen atoms in total. The highest BCUT2D eigenvalue weighted by molar-refractivity contribution is 5.92. The molecule has 1 aromatic rings. The van der Waals surface area contributed by atoms with Gasteiger partial charge in [-0.2, -0.15) is 0 Å². The van der Waals surface area contributed by atoms with Crippen molar-refractivity contribution in [2.75, 3.05) is 45.8 Å². The first-order valence-corrected chi connectivity index (χ1v) is 18.6. The fourth-order valence-electron chi connectivity index (χ4n) is 4.98. The highest BCUT2D eigenvalue weighted by Crippen LogP contribution is 2.22. The monoisotopic (exact) mass is 792 g/mol. The van der Waals surface area contributed by atoms with E-state index in [-0.39, 0.29) is 60.8 Å². The van der Waals surface area contributed by atoms with E-state index >= 15 is 0 Å².